The summed E-state index contributed by atoms with van der Waals surface area (Å²) in [5, 5.41) is 18.3. The molecule has 0 saturated heterocycles. The Balaban J connectivity index is 1.56. The highest BCUT2D eigenvalue weighted by molar-refractivity contribution is 6.01. The van der Waals surface area contributed by atoms with Gasteiger partial charge in [0.15, 0.2) is 0 Å². The van der Waals surface area contributed by atoms with E-state index < -0.39 is 0 Å². The zero-order valence-electron chi connectivity index (χ0n) is 19.3. The fourth-order valence-corrected chi connectivity index (χ4v) is 5.24. The van der Waals surface area contributed by atoms with Gasteiger partial charge in [-0.3, -0.25) is 10.2 Å². The van der Waals surface area contributed by atoms with Crippen LogP contribution in [0.5, 0.6) is 0 Å². The van der Waals surface area contributed by atoms with E-state index in [1.165, 1.54) is 25.7 Å². The first-order valence-corrected chi connectivity index (χ1v) is 11.9. The number of carbonyl (C=O) groups is 1. The van der Waals surface area contributed by atoms with Crippen LogP contribution in [0.2, 0.25) is 0 Å². The van der Waals surface area contributed by atoms with Gasteiger partial charge in [-0.1, -0.05) is 68.9 Å². The number of para-hydroxylation sites is 1. The van der Waals surface area contributed by atoms with Gasteiger partial charge in [-0.2, -0.15) is 5.10 Å². The largest absolute Gasteiger partial charge is 0.378 e. The molecule has 7 nitrogen and oxygen atoms in total. The van der Waals surface area contributed by atoms with Crippen LogP contribution in [0.15, 0.2) is 53.6 Å². The summed E-state index contributed by atoms with van der Waals surface area (Å²) < 4.78 is 0. The monoisotopic (exact) mass is 446 g/mol. The maximum Gasteiger partial charge on any atom is 0.234 e. The third kappa shape index (κ3) is 5.18. The number of anilines is 2. The van der Waals surface area contributed by atoms with Gasteiger partial charge in [0.1, 0.15) is 0 Å². The Hall–Kier alpha value is -3.35. The average molecular weight is 447 g/mol. The molecule has 1 atom stereocenters. The molecule has 1 amide bonds. The van der Waals surface area contributed by atoms with E-state index in [1.807, 2.05) is 43.3 Å². The molecule has 1 saturated carbocycles. The average Bonchev–Trinajstić information content (AvgIpc) is 3.18. The molecular formula is C26H34N6O. The van der Waals surface area contributed by atoms with Crippen molar-refractivity contribution < 1.29 is 4.79 Å². The number of amides is 1. The van der Waals surface area contributed by atoms with Crippen LogP contribution >= 0.6 is 0 Å². The number of hydrogen-bond acceptors (Lipinski definition) is 4. The Morgan fingerprint density at radius 1 is 1.03 bits per heavy atom. The summed E-state index contributed by atoms with van der Waals surface area (Å²) >= 11 is 0. The lowest BCUT2D eigenvalue weighted by Crippen LogP contribution is -2.44. The number of nitrogens with one attached hydrogen (secondary N) is 4. The highest BCUT2D eigenvalue weighted by Crippen LogP contribution is 2.49. The van der Waals surface area contributed by atoms with Crippen LogP contribution in [-0.2, 0) is 4.79 Å². The minimum Gasteiger partial charge on any atom is -0.378 e. The SMILES string of the molecule is C/C(=N\NC(=N)N)c1ccc(NC(=O)C2c3ccccc3NC23CCCCCCCC3)cc1. The smallest absolute Gasteiger partial charge is 0.234 e. The highest BCUT2D eigenvalue weighted by Gasteiger charge is 2.48. The standard InChI is InChI=1S/C26H34N6O/c1-18(31-32-25(27)28)19-12-14-20(15-13-19)29-24(33)23-21-10-6-7-11-22(21)30-26(23)16-8-4-2-3-5-9-17-26/h6-7,10-15,23,30H,2-5,8-9,16-17H2,1H3,(H,29,33)(H4,27,28,32)/b31-18+. The van der Waals surface area contributed by atoms with Crippen molar-refractivity contribution in [2.24, 2.45) is 10.8 Å². The van der Waals surface area contributed by atoms with Crippen molar-refractivity contribution in [2.75, 3.05) is 10.6 Å². The molecule has 6 N–H and O–H groups in total. The van der Waals surface area contributed by atoms with Crippen LogP contribution in [0, 0.1) is 5.41 Å². The predicted octanol–water partition coefficient (Wildman–Crippen LogP) is 4.91. The molecule has 0 radical (unpaired) electrons. The first kappa shape index (κ1) is 22.8. The number of benzene rings is 2. The molecule has 7 heteroatoms. The second-order valence-electron chi connectivity index (χ2n) is 9.21. The van der Waals surface area contributed by atoms with Gasteiger partial charge < -0.3 is 16.4 Å². The van der Waals surface area contributed by atoms with Gasteiger partial charge in [0, 0.05) is 11.4 Å². The van der Waals surface area contributed by atoms with E-state index in [2.05, 4.69) is 33.3 Å². The molecule has 2 aromatic carbocycles. The summed E-state index contributed by atoms with van der Waals surface area (Å²) in [6, 6.07) is 15.9. The quantitative estimate of drug-likeness (QED) is 0.261. The Labute approximate surface area is 195 Å². The molecular weight excluding hydrogens is 412 g/mol. The Morgan fingerprint density at radius 3 is 2.33 bits per heavy atom. The molecule has 0 bridgehead atoms. The molecule has 1 aliphatic heterocycles. The number of hydrogen-bond donors (Lipinski definition) is 5. The first-order chi connectivity index (χ1) is 16.0. The minimum atomic E-state index is -0.223. The normalized spacial score (nSPS) is 20.0. The van der Waals surface area contributed by atoms with E-state index in [0.29, 0.717) is 5.71 Å². The molecule has 2 aliphatic rings. The Kier molecular flexibility index (Phi) is 6.96. The summed E-state index contributed by atoms with van der Waals surface area (Å²) in [4.78, 5) is 13.7. The number of rotatable bonds is 4. The van der Waals surface area contributed by atoms with Crippen molar-refractivity contribution in [1.29, 1.82) is 5.41 Å². The van der Waals surface area contributed by atoms with Gasteiger partial charge in [-0.25, -0.2) is 5.43 Å². The number of guanidine groups is 1. The molecule has 1 spiro atoms. The molecule has 4 rings (SSSR count). The predicted molar refractivity (Wildman–Crippen MR) is 135 cm³/mol. The lowest BCUT2D eigenvalue weighted by atomic mass is 9.75. The summed E-state index contributed by atoms with van der Waals surface area (Å²) in [5.41, 5.74) is 12.1. The summed E-state index contributed by atoms with van der Waals surface area (Å²) in [5.74, 6) is -0.375. The van der Waals surface area contributed by atoms with Crippen molar-refractivity contribution in [1.82, 2.24) is 5.43 Å². The summed E-state index contributed by atoms with van der Waals surface area (Å²) in [6.45, 7) is 1.84. The first-order valence-electron chi connectivity index (χ1n) is 11.9. The molecule has 0 aromatic heterocycles. The highest BCUT2D eigenvalue weighted by atomic mass is 16.2. The number of fused-ring (bicyclic) bond motifs is 1. The van der Waals surface area contributed by atoms with Crippen LogP contribution in [0.3, 0.4) is 0 Å². The zero-order valence-corrected chi connectivity index (χ0v) is 19.3. The van der Waals surface area contributed by atoms with E-state index in [0.717, 1.165) is 48.2 Å². The number of hydrazone groups is 1. The van der Waals surface area contributed by atoms with Crippen LogP contribution in [0.4, 0.5) is 11.4 Å². The fourth-order valence-electron chi connectivity index (χ4n) is 5.24. The van der Waals surface area contributed by atoms with Crippen LogP contribution < -0.4 is 21.8 Å². The van der Waals surface area contributed by atoms with E-state index in [9.17, 15) is 4.79 Å². The zero-order chi connectivity index (χ0) is 23.3. The fraction of sp³-hybridized carbons (Fsp3) is 0.423. The molecule has 1 aliphatic carbocycles. The summed E-state index contributed by atoms with van der Waals surface area (Å²) in [6.07, 6.45) is 9.35. The van der Waals surface area contributed by atoms with Crippen LogP contribution in [-0.4, -0.2) is 23.1 Å². The number of carbonyl (C=O) groups excluding carboxylic acids is 1. The van der Waals surface area contributed by atoms with E-state index in [1.54, 1.807) is 0 Å². The van der Waals surface area contributed by atoms with Gasteiger partial charge in [0.2, 0.25) is 11.9 Å². The van der Waals surface area contributed by atoms with Gasteiger partial charge in [0.05, 0.1) is 17.2 Å². The van der Waals surface area contributed by atoms with Crippen LogP contribution in [0.25, 0.3) is 0 Å². The summed E-state index contributed by atoms with van der Waals surface area (Å²) in [7, 11) is 0. The van der Waals surface area contributed by atoms with E-state index >= 15 is 0 Å². The van der Waals surface area contributed by atoms with Gasteiger partial charge in [-0.15, -0.1) is 0 Å². The molecule has 1 unspecified atom stereocenters. The lowest BCUT2D eigenvalue weighted by Gasteiger charge is -2.36. The second kappa shape index (κ2) is 10.1. The molecule has 1 fully saturated rings. The van der Waals surface area contributed by atoms with Crippen molar-refractivity contribution in [3.63, 3.8) is 0 Å². The number of nitrogens with two attached hydrogens (primary N) is 1. The molecule has 174 valence electrons. The van der Waals surface area contributed by atoms with E-state index in [4.69, 9.17) is 11.1 Å². The molecule has 1 heterocycles. The second-order valence-corrected chi connectivity index (χ2v) is 9.21. The van der Waals surface area contributed by atoms with Gasteiger partial charge in [-0.05, 0) is 49.1 Å². The van der Waals surface area contributed by atoms with Crippen molar-refractivity contribution >= 4 is 29.0 Å². The maximum absolute atomic E-state index is 13.7. The third-order valence-corrected chi connectivity index (χ3v) is 6.88. The minimum absolute atomic E-state index is 0.0445. The Bertz CT molecular complexity index is 1020. The van der Waals surface area contributed by atoms with Crippen LogP contribution in [0.1, 0.15) is 75.3 Å². The number of nitrogens with zero attached hydrogens (tertiary/aromatic N) is 1. The Morgan fingerprint density at radius 2 is 1.67 bits per heavy atom. The maximum atomic E-state index is 13.7. The lowest BCUT2D eigenvalue weighted by molar-refractivity contribution is -0.118. The van der Waals surface area contributed by atoms with Gasteiger partial charge in [0.25, 0.3) is 0 Å². The van der Waals surface area contributed by atoms with Crippen molar-refractivity contribution in [2.45, 2.75) is 69.7 Å². The van der Waals surface area contributed by atoms with Crippen molar-refractivity contribution in [3.05, 3.63) is 59.7 Å². The molecule has 2 aromatic rings. The van der Waals surface area contributed by atoms with E-state index in [-0.39, 0.29) is 23.3 Å². The van der Waals surface area contributed by atoms with Crippen molar-refractivity contribution in [3.8, 4) is 0 Å². The third-order valence-electron chi connectivity index (χ3n) is 6.88. The van der Waals surface area contributed by atoms with Gasteiger partial charge >= 0.3 is 0 Å². The topological polar surface area (TPSA) is 115 Å². The molecule has 33 heavy (non-hydrogen) atoms.